The Morgan fingerprint density at radius 2 is 2.47 bits per heavy atom. The molecule has 19 heavy (non-hydrogen) atoms. The molecule has 2 aromatic rings. The Bertz CT molecular complexity index is 522. The maximum atomic E-state index is 12.3. The fraction of sp³-hybridized carbons (Fsp3) is 0.417. The van der Waals surface area contributed by atoms with E-state index in [1.54, 1.807) is 29.3 Å². The third-order valence-electron chi connectivity index (χ3n) is 3.19. The van der Waals surface area contributed by atoms with Gasteiger partial charge in [0.05, 0.1) is 24.9 Å². The molecule has 0 aromatic carbocycles. The van der Waals surface area contributed by atoms with Crippen LogP contribution in [0.1, 0.15) is 11.7 Å². The van der Waals surface area contributed by atoms with Gasteiger partial charge in [0.1, 0.15) is 6.54 Å². The van der Waals surface area contributed by atoms with E-state index in [1.807, 2.05) is 11.0 Å². The minimum absolute atomic E-state index is 0.0339. The molecule has 0 aliphatic carbocycles. The molecule has 100 valence electrons. The predicted octanol–water partition coefficient (Wildman–Crippen LogP) is 0.206. The van der Waals surface area contributed by atoms with Gasteiger partial charge in [-0.2, -0.15) is 10.2 Å². The molecule has 1 aliphatic heterocycles. The second-order valence-corrected chi connectivity index (χ2v) is 4.39. The van der Waals surface area contributed by atoms with Gasteiger partial charge in [0.25, 0.3) is 0 Å². The highest BCUT2D eigenvalue weighted by atomic mass is 16.5. The summed E-state index contributed by atoms with van der Waals surface area (Å²) in [5.74, 6) is 0.0339. The second-order valence-electron chi connectivity index (χ2n) is 4.39. The summed E-state index contributed by atoms with van der Waals surface area (Å²) in [6, 6.07) is 3.58. The molecular weight excluding hydrogens is 246 g/mol. The van der Waals surface area contributed by atoms with E-state index < -0.39 is 0 Å². The normalized spacial score (nSPS) is 19.6. The number of rotatable bonds is 3. The molecule has 1 atom stereocenters. The van der Waals surface area contributed by atoms with Gasteiger partial charge in [-0.3, -0.25) is 14.6 Å². The van der Waals surface area contributed by atoms with Crippen LogP contribution in [0.2, 0.25) is 0 Å². The number of nitrogens with zero attached hydrogens (tertiary/aromatic N) is 4. The van der Waals surface area contributed by atoms with Crippen molar-refractivity contribution in [1.29, 1.82) is 0 Å². The standard InChI is InChI=1S/C12H15N5O2/c18-12(8-16-5-1-3-14-16)17-6-7-19-9-11(17)10-2-4-13-15-10/h1-5,11H,6-9H2,(H,13,15)/t11-/m1/s1. The van der Waals surface area contributed by atoms with Gasteiger partial charge in [0.2, 0.25) is 5.91 Å². The van der Waals surface area contributed by atoms with E-state index in [4.69, 9.17) is 4.74 Å². The van der Waals surface area contributed by atoms with Gasteiger partial charge < -0.3 is 9.64 Å². The van der Waals surface area contributed by atoms with Crippen molar-refractivity contribution in [1.82, 2.24) is 24.9 Å². The molecule has 1 N–H and O–H groups in total. The lowest BCUT2D eigenvalue weighted by atomic mass is 10.1. The van der Waals surface area contributed by atoms with Crippen LogP contribution in [-0.4, -0.2) is 50.5 Å². The monoisotopic (exact) mass is 261 g/mol. The minimum atomic E-state index is -0.0979. The van der Waals surface area contributed by atoms with E-state index in [0.717, 1.165) is 5.69 Å². The van der Waals surface area contributed by atoms with Gasteiger partial charge in [-0.05, 0) is 12.1 Å². The third kappa shape index (κ3) is 2.50. The van der Waals surface area contributed by atoms with Crippen molar-refractivity contribution in [3.8, 4) is 0 Å². The molecule has 0 spiro atoms. The molecular formula is C12H15N5O2. The molecule has 0 saturated carbocycles. The molecule has 3 rings (SSSR count). The second kappa shape index (κ2) is 5.23. The highest BCUT2D eigenvalue weighted by Gasteiger charge is 2.29. The molecule has 7 heteroatoms. The molecule has 1 aliphatic rings. The summed E-state index contributed by atoms with van der Waals surface area (Å²) < 4.78 is 7.08. The zero-order valence-electron chi connectivity index (χ0n) is 10.4. The molecule has 3 heterocycles. The molecule has 1 amide bonds. The van der Waals surface area contributed by atoms with Crippen LogP contribution in [0.15, 0.2) is 30.7 Å². The van der Waals surface area contributed by atoms with Crippen LogP contribution in [0.5, 0.6) is 0 Å². The molecule has 0 unspecified atom stereocenters. The highest BCUT2D eigenvalue weighted by molar-refractivity contribution is 5.76. The molecule has 7 nitrogen and oxygen atoms in total. The van der Waals surface area contributed by atoms with Gasteiger partial charge in [0, 0.05) is 25.1 Å². The van der Waals surface area contributed by atoms with Crippen LogP contribution < -0.4 is 0 Å². The number of carbonyl (C=O) groups excluding carboxylic acids is 1. The predicted molar refractivity (Wildman–Crippen MR) is 66.1 cm³/mol. The summed E-state index contributed by atoms with van der Waals surface area (Å²) in [5.41, 5.74) is 0.897. The summed E-state index contributed by atoms with van der Waals surface area (Å²) in [6.07, 6.45) is 5.13. The van der Waals surface area contributed by atoms with Crippen LogP contribution in [0.25, 0.3) is 0 Å². The number of hydrogen-bond acceptors (Lipinski definition) is 4. The van der Waals surface area contributed by atoms with Crippen molar-refractivity contribution >= 4 is 5.91 Å². The Balaban J connectivity index is 1.75. The van der Waals surface area contributed by atoms with Crippen molar-refractivity contribution in [2.75, 3.05) is 19.8 Å². The van der Waals surface area contributed by atoms with Crippen LogP contribution in [0, 0.1) is 0 Å². The van der Waals surface area contributed by atoms with Crippen LogP contribution in [0.3, 0.4) is 0 Å². The van der Waals surface area contributed by atoms with Crippen molar-refractivity contribution in [3.63, 3.8) is 0 Å². The van der Waals surface area contributed by atoms with Crippen LogP contribution in [0.4, 0.5) is 0 Å². The first-order valence-corrected chi connectivity index (χ1v) is 6.18. The lowest BCUT2D eigenvalue weighted by Gasteiger charge is -2.34. The Morgan fingerprint density at radius 3 is 3.21 bits per heavy atom. The summed E-state index contributed by atoms with van der Waals surface area (Å²) in [4.78, 5) is 14.2. The number of ether oxygens (including phenoxy) is 1. The van der Waals surface area contributed by atoms with Crippen molar-refractivity contribution in [2.45, 2.75) is 12.6 Å². The van der Waals surface area contributed by atoms with E-state index >= 15 is 0 Å². The highest BCUT2D eigenvalue weighted by Crippen LogP contribution is 2.22. The number of nitrogens with one attached hydrogen (secondary N) is 1. The SMILES string of the molecule is O=C(Cn1cccn1)N1CCOC[C@@H]1c1ccn[nH]1. The average Bonchev–Trinajstić information content (AvgIpc) is 3.11. The van der Waals surface area contributed by atoms with Crippen molar-refractivity contribution in [3.05, 3.63) is 36.4 Å². The molecule has 1 saturated heterocycles. The van der Waals surface area contributed by atoms with Gasteiger partial charge in [-0.25, -0.2) is 0 Å². The first-order valence-electron chi connectivity index (χ1n) is 6.18. The summed E-state index contributed by atoms with van der Waals surface area (Å²) in [6.45, 7) is 1.89. The number of carbonyl (C=O) groups is 1. The summed E-state index contributed by atoms with van der Waals surface area (Å²) >= 11 is 0. The number of hydrogen-bond donors (Lipinski definition) is 1. The molecule has 2 aromatic heterocycles. The smallest absolute Gasteiger partial charge is 0.245 e. The van der Waals surface area contributed by atoms with Gasteiger partial charge >= 0.3 is 0 Å². The maximum absolute atomic E-state index is 12.3. The van der Waals surface area contributed by atoms with E-state index in [9.17, 15) is 4.79 Å². The van der Waals surface area contributed by atoms with E-state index in [0.29, 0.717) is 19.8 Å². The number of H-pyrrole nitrogens is 1. The molecule has 0 radical (unpaired) electrons. The fourth-order valence-corrected chi connectivity index (χ4v) is 2.24. The lowest BCUT2D eigenvalue weighted by molar-refractivity contribution is -0.141. The largest absolute Gasteiger partial charge is 0.377 e. The van der Waals surface area contributed by atoms with Crippen molar-refractivity contribution < 1.29 is 9.53 Å². The van der Waals surface area contributed by atoms with Crippen LogP contribution in [-0.2, 0) is 16.1 Å². The number of aromatic amines is 1. The average molecular weight is 261 g/mol. The fourth-order valence-electron chi connectivity index (χ4n) is 2.24. The zero-order valence-corrected chi connectivity index (χ0v) is 10.4. The maximum Gasteiger partial charge on any atom is 0.245 e. The molecule has 0 bridgehead atoms. The zero-order chi connectivity index (χ0) is 13.1. The van der Waals surface area contributed by atoms with E-state index in [-0.39, 0.29) is 18.5 Å². The number of amides is 1. The van der Waals surface area contributed by atoms with Gasteiger partial charge in [-0.15, -0.1) is 0 Å². The summed E-state index contributed by atoms with van der Waals surface area (Å²) in [5, 5.41) is 10.9. The lowest BCUT2D eigenvalue weighted by Crippen LogP contribution is -2.45. The number of aromatic nitrogens is 4. The quantitative estimate of drug-likeness (QED) is 0.856. The Labute approximate surface area is 110 Å². The number of morpholine rings is 1. The van der Waals surface area contributed by atoms with Gasteiger partial charge in [-0.1, -0.05) is 0 Å². The Morgan fingerprint density at radius 1 is 1.53 bits per heavy atom. The first-order chi connectivity index (χ1) is 9.34. The third-order valence-corrected chi connectivity index (χ3v) is 3.19. The molecule has 1 fully saturated rings. The Hall–Kier alpha value is -2.15. The minimum Gasteiger partial charge on any atom is -0.377 e. The first kappa shape index (κ1) is 11.9. The van der Waals surface area contributed by atoms with E-state index in [2.05, 4.69) is 15.3 Å². The summed E-state index contributed by atoms with van der Waals surface area (Å²) in [7, 11) is 0. The van der Waals surface area contributed by atoms with E-state index in [1.165, 1.54) is 0 Å². The topological polar surface area (TPSA) is 76.0 Å². The Kier molecular flexibility index (Phi) is 3.28. The van der Waals surface area contributed by atoms with Gasteiger partial charge in [0.15, 0.2) is 0 Å². The van der Waals surface area contributed by atoms with Crippen LogP contribution >= 0.6 is 0 Å². The van der Waals surface area contributed by atoms with Crippen molar-refractivity contribution in [2.24, 2.45) is 0 Å².